The van der Waals surface area contributed by atoms with E-state index in [0.29, 0.717) is 22.9 Å². The Bertz CT molecular complexity index is 1090. The molecule has 2 aromatic heterocycles. The number of pyridine rings is 1. The molecule has 0 aliphatic carbocycles. The molecule has 4 rings (SSSR count). The maximum atomic E-state index is 12.5. The fraction of sp³-hybridized carbons (Fsp3) is 0.130. The lowest BCUT2D eigenvalue weighted by molar-refractivity contribution is 0.0940. The van der Waals surface area contributed by atoms with Gasteiger partial charge in [-0.2, -0.15) is 0 Å². The first-order chi connectivity index (χ1) is 14.1. The Balaban J connectivity index is 1.35. The van der Waals surface area contributed by atoms with E-state index >= 15 is 0 Å². The molecule has 0 radical (unpaired) electrons. The molecule has 2 heterocycles. The second-order valence-corrected chi connectivity index (χ2v) is 7.19. The lowest BCUT2D eigenvalue weighted by Crippen LogP contribution is -2.26. The Morgan fingerprint density at radius 3 is 2.59 bits per heavy atom. The largest absolute Gasteiger partial charge is 0.487 e. The highest BCUT2D eigenvalue weighted by Crippen LogP contribution is 2.18. The highest BCUT2D eigenvalue weighted by atomic mass is 35.5. The smallest absolute Gasteiger partial charge is 0.251 e. The minimum atomic E-state index is -0.139. The average molecular weight is 406 g/mol. The van der Waals surface area contributed by atoms with Gasteiger partial charge in [-0.15, -0.1) is 0 Å². The second kappa shape index (κ2) is 8.37. The van der Waals surface area contributed by atoms with Crippen molar-refractivity contribution in [2.24, 2.45) is 0 Å². The summed E-state index contributed by atoms with van der Waals surface area (Å²) in [7, 11) is 0. The van der Waals surface area contributed by atoms with Gasteiger partial charge in [0.25, 0.3) is 5.91 Å². The molecule has 1 N–H and O–H groups in total. The van der Waals surface area contributed by atoms with Crippen molar-refractivity contribution in [2.75, 3.05) is 0 Å². The molecular weight excluding hydrogens is 386 g/mol. The van der Waals surface area contributed by atoms with E-state index in [9.17, 15) is 4.79 Å². The molecule has 0 saturated heterocycles. The molecule has 29 heavy (non-hydrogen) atoms. The zero-order valence-electron chi connectivity index (χ0n) is 15.9. The Kier molecular flexibility index (Phi) is 5.49. The van der Waals surface area contributed by atoms with Crippen LogP contribution in [0.3, 0.4) is 0 Å². The molecule has 146 valence electrons. The van der Waals surface area contributed by atoms with E-state index in [1.165, 1.54) is 0 Å². The van der Waals surface area contributed by atoms with Crippen molar-refractivity contribution in [3.63, 3.8) is 0 Å². The van der Waals surface area contributed by atoms with Gasteiger partial charge in [-0.3, -0.25) is 4.79 Å². The third kappa shape index (κ3) is 4.58. The molecule has 4 aromatic rings. The summed E-state index contributed by atoms with van der Waals surface area (Å²) < 4.78 is 7.75. The van der Waals surface area contributed by atoms with Crippen LogP contribution in [0.4, 0.5) is 0 Å². The maximum Gasteiger partial charge on any atom is 0.251 e. The Hall–Kier alpha value is -3.31. The number of hydrogen-bond acceptors (Lipinski definition) is 3. The van der Waals surface area contributed by atoms with Crippen LogP contribution in [0, 0.1) is 0 Å². The van der Waals surface area contributed by atoms with E-state index < -0.39 is 0 Å². The minimum Gasteiger partial charge on any atom is -0.487 e. The molecule has 0 saturated carbocycles. The van der Waals surface area contributed by atoms with Gasteiger partial charge >= 0.3 is 0 Å². The van der Waals surface area contributed by atoms with Crippen molar-refractivity contribution in [3.8, 4) is 5.75 Å². The van der Waals surface area contributed by atoms with E-state index in [4.69, 9.17) is 16.3 Å². The highest BCUT2D eigenvalue weighted by molar-refractivity contribution is 6.30. The predicted molar refractivity (Wildman–Crippen MR) is 113 cm³/mol. The fourth-order valence-electron chi connectivity index (χ4n) is 3.03. The van der Waals surface area contributed by atoms with Crippen molar-refractivity contribution >= 4 is 23.2 Å². The second-order valence-electron chi connectivity index (χ2n) is 6.76. The van der Waals surface area contributed by atoms with Crippen LogP contribution in [0.15, 0.2) is 79.1 Å². The van der Waals surface area contributed by atoms with Crippen LogP contribution in [-0.4, -0.2) is 15.3 Å². The van der Waals surface area contributed by atoms with Crippen molar-refractivity contribution in [2.45, 2.75) is 19.6 Å². The number of nitrogens with zero attached hydrogens (tertiary/aromatic N) is 2. The van der Waals surface area contributed by atoms with Crippen molar-refractivity contribution in [3.05, 3.63) is 101 Å². The van der Waals surface area contributed by atoms with Crippen LogP contribution in [0.5, 0.6) is 5.75 Å². The van der Waals surface area contributed by atoms with Gasteiger partial charge in [-0.1, -0.05) is 29.8 Å². The minimum absolute atomic E-state index is 0.120. The summed E-state index contributed by atoms with van der Waals surface area (Å²) in [5.74, 6) is 0.545. The Morgan fingerprint density at radius 2 is 1.86 bits per heavy atom. The van der Waals surface area contributed by atoms with Gasteiger partial charge in [-0.25, -0.2) is 4.98 Å². The number of imidazole rings is 1. The highest BCUT2D eigenvalue weighted by Gasteiger charge is 2.12. The number of rotatable bonds is 6. The zero-order chi connectivity index (χ0) is 20.2. The fourth-order valence-corrected chi connectivity index (χ4v) is 3.16. The number of fused-ring (bicyclic) bond motifs is 1. The van der Waals surface area contributed by atoms with Crippen LogP contribution in [0.2, 0.25) is 5.02 Å². The number of carbonyl (C=O) groups excluding carboxylic acids is 1. The van der Waals surface area contributed by atoms with Gasteiger partial charge in [0.15, 0.2) is 0 Å². The van der Waals surface area contributed by atoms with Crippen molar-refractivity contribution in [1.29, 1.82) is 0 Å². The van der Waals surface area contributed by atoms with Gasteiger partial charge in [0.2, 0.25) is 0 Å². The molecule has 0 bridgehead atoms. The molecule has 0 fully saturated rings. The molecule has 0 aliphatic rings. The number of ether oxygens (including phenoxy) is 1. The van der Waals surface area contributed by atoms with Gasteiger partial charge in [0.05, 0.1) is 11.7 Å². The Morgan fingerprint density at radius 1 is 1.10 bits per heavy atom. The average Bonchev–Trinajstić information content (AvgIpc) is 3.16. The van der Waals surface area contributed by atoms with Gasteiger partial charge < -0.3 is 14.5 Å². The first-order valence-corrected chi connectivity index (χ1v) is 9.68. The Labute approximate surface area is 173 Å². The number of nitrogens with one attached hydrogen (secondary N) is 1. The van der Waals surface area contributed by atoms with E-state index in [1.807, 2.05) is 66.2 Å². The summed E-state index contributed by atoms with van der Waals surface area (Å²) in [5.41, 5.74) is 3.30. The standard InChI is InChI=1S/C23H20ClN3O2/c1-16(17-5-9-19(24)10-6-17)25-23(28)18-7-11-21(12-8-18)29-15-20-14-27-13-3-2-4-22(27)26-20/h2-14,16H,15H2,1H3,(H,25,28)/t16-/m0/s1. The summed E-state index contributed by atoms with van der Waals surface area (Å²) >= 11 is 5.91. The van der Waals surface area contributed by atoms with Crippen LogP contribution < -0.4 is 10.1 Å². The number of hydrogen-bond donors (Lipinski definition) is 1. The van der Waals surface area contributed by atoms with Gasteiger partial charge in [-0.05, 0) is 61.0 Å². The lowest BCUT2D eigenvalue weighted by Gasteiger charge is -2.14. The number of amides is 1. The topological polar surface area (TPSA) is 55.6 Å². The third-order valence-electron chi connectivity index (χ3n) is 4.63. The number of aromatic nitrogens is 2. The van der Waals surface area contributed by atoms with Crippen molar-refractivity contribution in [1.82, 2.24) is 14.7 Å². The monoisotopic (exact) mass is 405 g/mol. The molecule has 2 aromatic carbocycles. The molecule has 0 spiro atoms. The van der Waals surface area contributed by atoms with E-state index in [2.05, 4.69) is 10.3 Å². The van der Waals surface area contributed by atoms with Crippen molar-refractivity contribution < 1.29 is 9.53 Å². The van der Waals surface area contributed by atoms with Gasteiger partial charge in [0, 0.05) is 23.0 Å². The first kappa shape index (κ1) is 19.0. The molecule has 6 heteroatoms. The van der Waals surface area contributed by atoms with E-state index in [1.54, 1.807) is 24.3 Å². The maximum absolute atomic E-state index is 12.5. The summed E-state index contributed by atoms with van der Waals surface area (Å²) in [5, 5.41) is 3.66. The molecular formula is C23H20ClN3O2. The molecule has 0 unspecified atom stereocenters. The number of benzene rings is 2. The number of carbonyl (C=O) groups is 1. The lowest BCUT2D eigenvalue weighted by atomic mass is 10.1. The normalized spacial score (nSPS) is 11.9. The third-order valence-corrected chi connectivity index (χ3v) is 4.89. The van der Waals surface area contributed by atoms with Gasteiger partial charge in [0.1, 0.15) is 18.0 Å². The summed E-state index contributed by atoms with van der Waals surface area (Å²) in [6.45, 7) is 2.30. The summed E-state index contributed by atoms with van der Waals surface area (Å²) in [6, 6.07) is 20.3. The molecule has 1 atom stereocenters. The quantitative estimate of drug-likeness (QED) is 0.488. The first-order valence-electron chi connectivity index (χ1n) is 9.30. The van der Waals surface area contributed by atoms with Crippen LogP contribution in [0.1, 0.15) is 34.6 Å². The van der Waals surface area contributed by atoms with Crippen LogP contribution >= 0.6 is 11.6 Å². The van der Waals surface area contributed by atoms with E-state index in [0.717, 1.165) is 16.9 Å². The van der Waals surface area contributed by atoms with Crippen LogP contribution in [-0.2, 0) is 6.61 Å². The summed E-state index contributed by atoms with van der Waals surface area (Å²) in [6.07, 6.45) is 3.89. The molecule has 1 amide bonds. The van der Waals surface area contributed by atoms with Crippen LogP contribution in [0.25, 0.3) is 5.65 Å². The van der Waals surface area contributed by atoms with E-state index in [-0.39, 0.29) is 11.9 Å². The SMILES string of the molecule is C[C@H](NC(=O)c1ccc(OCc2cn3ccccc3n2)cc1)c1ccc(Cl)cc1. The number of halogens is 1. The predicted octanol–water partition coefficient (Wildman–Crippen LogP) is 5.06. The molecule has 5 nitrogen and oxygen atoms in total. The summed E-state index contributed by atoms with van der Waals surface area (Å²) in [4.78, 5) is 17.0. The zero-order valence-corrected chi connectivity index (χ0v) is 16.6. The molecule has 0 aliphatic heterocycles.